The first-order valence-corrected chi connectivity index (χ1v) is 6.72. The summed E-state index contributed by atoms with van der Waals surface area (Å²) in [6, 6.07) is 5.05. The van der Waals surface area contributed by atoms with Gasteiger partial charge in [0.2, 0.25) is 0 Å². The molecule has 1 rings (SSSR count). The molecule has 0 radical (unpaired) electrons. The van der Waals surface area contributed by atoms with Crippen molar-refractivity contribution < 1.29 is 4.79 Å². The Labute approximate surface area is 114 Å². The lowest BCUT2D eigenvalue weighted by molar-refractivity contribution is 0.0925. The largest absolute Gasteiger partial charge is 0.399 e. The van der Waals surface area contributed by atoms with E-state index in [0.717, 1.165) is 12.8 Å². The first kappa shape index (κ1) is 14.8. The van der Waals surface area contributed by atoms with Crippen LogP contribution in [0.3, 0.4) is 0 Å². The van der Waals surface area contributed by atoms with Crippen LogP contribution in [0.15, 0.2) is 18.2 Å². The number of nitrogens with one attached hydrogen (secondary N) is 1. The molecule has 1 aromatic carbocycles. The van der Waals surface area contributed by atoms with Gasteiger partial charge in [-0.05, 0) is 31.0 Å². The molecular weight excluding hydrogens is 248 g/mol. The van der Waals surface area contributed by atoms with Gasteiger partial charge in [-0.1, -0.05) is 38.3 Å². The number of hydrogen-bond acceptors (Lipinski definition) is 2. The Morgan fingerprint density at radius 2 is 1.94 bits per heavy atom. The van der Waals surface area contributed by atoms with Crippen molar-refractivity contribution in [1.82, 2.24) is 5.32 Å². The molecule has 100 valence electrons. The topological polar surface area (TPSA) is 55.1 Å². The van der Waals surface area contributed by atoms with Crippen LogP contribution in [-0.4, -0.2) is 11.9 Å². The summed E-state index contributed by atoms with van der Waals surface area (Å²) in [4.78, 5) is 12.1. The molecule has 0 fully saturated rings. The van der Waals surface area contributed by atoms with Crippen molar-refractivity contribution >= 4 is 23.2 Å². The molecule has 0 saturated carbocycles. The molecule has 0 aliphatic rings. The first-order chi connectivity index (χ1) is 8.47. The molecule has 0 spiro atoms. The molecular formula is C14H21ClN2O. The summed E-state index contributed by atoms with van der Waals surface area (Å²) in [5.41, 5.74) is 6.69. The molecule has 1 amide bonds. The van der Waals surface area contributed by atoms with Gasteiger partial charge in [-0.25, -0.2) is 0 Å². The zero-order chi connectivity index (χ0) is 13.7. The van der Waals surface area contributed by atoms with E-state index >= 15 is 0 Å². The van der Waals surface area contributed by atoms with Crippen LogP contribution in [-0.2, 0) is 0 Å². The fraction of sp³-hybridized carbons (Fsp3) is 0.500. The molecule has 0 aliphatic heterocycles. The lowest BCUT2D eigenvalue weighted by Gasteiger charge is -2.22. The summed E-state index contributed by atoms with van der Waals surface area (Å²) < 4.78 is 0. The number of nitrogen functional groups attached to an aromatic ring is 1. The number of hydrogen-bond donors (Lipinski definition) is 2. The van der Waals surface area contributed by atoms with Gasteiger partial charge < -0.3 is 11.1 Å². The Balaban J connectivity index is 2.76. The van der Waals surface area contributed by atoms with Gasteiger partial charge >= 0.3 is 0 Å². The van der Waals surface area contributed by atoms with Crippen LogP contribution in [0, 0.1) is 5.92 Å². The molecule has 0 heterocycles. The van der Waals surface area contributed by atoms with E-state index in [-0.39, 0.29) is 11.9 Å². The molecule has 0 bridgehead atoms. The van der Waals surface area contributed by atoms with Crippen LogP contribution in [0.1, 0.15) is 44.0 Å². The minimum absolute atomic E-state index is 0.122. The number of halogens is 1. The normalized spacial score (nSPS) is 12.5. The van der Waals surface area contributed by atoms with Crippen molar-refractivity contribution in [3.63, 3.8) is 0 Å². The molecule has 3 nitrogen and oxygen atoms in total. The lowest BCUT2D eigenvalue weighted by Crippen LogP contribution is -2.37. The monoisotopic (exact) mass is 268 g/mol. The van der Waals surface area contributed by atoms with E-state index in [1.54, 1.807) is 18.2 Å². The Bertz CT molecular complexity index is 396. The molecule has 0 aromatic heterocycles. The van der Waals surface area contributed by atoms with E-state index < -0.39 is 0 Å². The van der Waals surface area contributed by atoms with Crippen LogP contribution in [0.5, 0.6) is 0 Å². The number of nitrogens with two attached hydrogens (primary N) is 1. The van der Waals surface area contributed by atoms with Gasteiger partial charge in [-0.3, -0.25) is 4.79 Å². The standard InChI is InChI=1S/C14H21ClN2O/c1-4-10(5-2)9(3)17-14(18)11-6-12(15)8-13(16)7-11/h6-10H,4-5,16H2,1-3H3,(H,17,18). The lowest BCUT2D eigenvalue weighted by atomic mass is 9.95. The summed E-state index contributed by atoms with van der Waals surface area (Å²) in [7, 11) is 0. The average molecular weight is 269 g/mol. The highest BCUT2D eigenvalue weighted by atomic mass is 35.5. The van der Waals surface area contributed by atoms with Crippen molar-refractivity contribution in [2.45, 2.75) is 39.7 Å². The first-order valence-electron chi connectivity index (χ1n) is 6.34. The SMILES string of the molecule is CCC(CC)C(C)NC(=O)c1cc(N)cc(Cl)c1. The maximum atomic E-state index is 12.1. The Morgan fingerprint density at radius 1 is 1.33 bits per heavy atom. The number of amides is 1. The zero-order valence-electron chi connectivity index (χ0n) is 11.2. The Hall–Kier alpha value is -1.22. The molecule has 18 heavy (non-hydrogen) atoms. The number of carbonyl (C=O) groups is 1. The summed E-state index contributed by atoms with van der Waals surface area (Å²) in [6.07, 6.45) is 2.10. The van der Waals surface area contributed by atoms with Gasteiger partial charge in [0.05, 0.1) is 0 Å². The van der Waals surface area contributed by atoms with Crippen molar-refractivity contribution in [2.75, 3.05) is 5.73 Å². The molecule has 0 aliphatic carbocycles. The third-order valence-corrected chi connectivity index (χ3v) is 3.52. The second kappa shape index (κ2) is 6.64. The Morgan fingerprint density at radius 3 is 2.44 bits per heavy atom. The minimum atomic E-state index is -0.122. The van der Waals surface area contributed by atoms with E-state index in [2.05, 4.69) is 19.2 Å². The highest BCUT2D eigenvalue weighted by Crippen LogP contribution is 2.18. The van der Waals surface area contributed by atoms with Crippen LogP contribution in [0.25, 0.3) is 0 Å². The molecule has 0 saturated heterocycles. The maximum absolute atomic E-state index is 12.1. The quantitative estimate of drug-likeness (QED) is 0.804. The minimum Gasteiger partial charge on any atom is -0.399 e. The predicted molar refractivity (Wildman–Crippen MR) is 76.9 cm³/mol. The van der Waals surface area contributed by atoms with Crippen LogP contribution in [0.4, 0.5) is 5.69 Å². The van der Waals surface area contributed by atoms with Crippen LogP contribution < -0.4 is 11.1 Å². The summed E-state index contributed by atoms with van der Waals surface area (Å²) in [5.74, 6) is 0.370. The fourth-order valence-corrected chi connectivity index (χ4v) is 2.39. The Kier molecular flexibility index (Phi) is 5.48. The highest BCUT2D eigenvalue weighted by molar-refractivity contribution is 6.31. The third-order valence-electron chi connectivity index (χ3n) is 3.30. The number of benzene rings is 1. The van der Waals surface area contributed by atoms with Crippen LogP contribution >= 0.6 is 11.6 Å². The smallest absolute Gasteiger partial charge is 0.251 e. The van der Waals surface area contributed by atoms with Crippen molar-refractivity contribution in [1.29, 1.82) is 0 Å². The molecule has 1 atom stereocenters. The fourth-order valence-electron chi connectivity index (χ4n) is 2.15. The van der Waals surface area contributed by atoms with E-state index in [4.69, 9.17) is 17.3 Å². The predicted octanol–water partition coefficient (Wildman–Crippen LogP) is 3.48. The van der Waals surface area contributed by atoms with Gasteiger partial charge in [0.25, 0.3) is 5.91 Å². The van der Waals surface area contributed by atoms with Crippen molar-refractivity contribution in [2.24, 2.45) is 5.92 Å². The second-order valence-corrected chi connectivity index (χ2v) is 5.05. The highest BCUT2D eigenvalue weighted by Gasteiger charge is 2.17. The average Bonchev–Trinajstić information content (AvgIpc) is 2.29. The summed E-state index contributed by atoms with van der Waals surface area (Å²) >= 11 is 5.89. The van der Waals surface area contributed by atoms with Crippen molar-refractivity contribution in [3.05, 3.63) is 28.8 Å². The van der Waals surface area contributed by atoms with Crippen LogP contribution in [0.2, 0.25) is 5.02 Å². The molecule has 1 aromatic rings. The third kappa shape index (κ3) is 3.91. The number of rotatable bonds is 5. The van der Waals surface area contributed by atoms with Gasteiger partial charge in [0.15, 0.2) is 0 Å². The molecule has 1 unspecified atom stereocenters. The number of anilines is 1. The van der Waals surface area contributed by atoms with Gasteiger partial charge in [-0.15, -0.1) is 0 Å². The van der Waals surface area contributed by atoms with Gasteiger partial charge in [0, 0.05) is 22.3 Å². The molecule has 4 heteroatoms. The molecule has 3 N–H and O–H groups in total. The van der Waals surface area contributed by atoms with E-state index in [1.807, 2.05) is 6.92 Å². The van der Waals surface area contributed by atoms with Gasteiger partial charge in [0.1, 0.15) is 0 Å². The van der Waals surface area contributed by atoms with Gasteiger partial charge in [-0.2, -0.15) is 0 Å². The summed E-state index contributed by atoms with van der Waals surface area (Å²) in [6.45, 7) is 6.30. The van der Waals surface area contributed by atoms with Crippen molar-refractivity contribution in [3.8, 4) is 0 Å². The summed E-state index contributed by atoms with van der Waals surface area (Å²) in [5, 5.41) is 3.48. The maximum Gasteiger partial charge on any atom is 0.251 e. The van der Waals surface area contributed by atoms with E-state index in [1.165, 1.54) is 0 Å². The van der Waals surface area contributed by atoms with E-state index in [0.29, 0.717) is 22.2 Å². The zero-order valence-corrected chi connectivity index (χ0v) is 11.9. The second-order valence-electron chi connectivity index (χ2n) is 4.61. The van der Waals surface area contributed by atoms with E-state index in [9.17, 15) is 4.79 Å². The number of carbonyl (C=O) groups excluding carboxylic acids is 1.